The van der Waals surface area contributed by atoms with Gasteiger partial charge in [-0.25, -0.2) is 0 Å². The van der Waals surface area contributed by atoms with Gasteiger partial charge in [-0.2, -0.15) is 16.9 Å². The van der Waals surface area contributed by atoms with E-state index < -0.39 is 0 Å². The van der Waals surface area contributed by atoms with Crippen molar-refractivity contribution >= 4 is 17.7 Å². The summed E-state index contributed by atoms with van der Waals surface area (Å²) in [6.45, 7) is 2.75. The van der Waals surface area contributed by atoms with E-state index in [-0.39, 0.29) is 11.9 Å². The zero-order valence-electron chi connectivity index (χ0n) is 13.9. The summed E-state index contributed by atoms with van der Waals surface area (Å²) >= 11 is 1.82. The van der Waals surface area contributed by atoms with Crippen LogP contribution in [0.4, 0.5) is 0 Å². The average Bonchev–Trinajstić information content (AvgIpc) is 2.96. The standard InChI is InChI=1S/C17H24N4OS/c1-13-4-6-14(7-5-13)12-23-9-8-19-17(22)16(18-2)15-10-20-21(3)11-15/h4-7,10-11,16,18H,8-9,12H2,1-3H3,(H,19,22). The Hall–Kier alpha value is -1.79. The molecule has 2 rings (SSSR count). The lowest BCUT2D eigenvalue weighted by Gasteiger charge is -2.14. The van der Waals surface area contributed by atoms with Crippen LogP contribution in [-0.4, -0.2) is 35.0 Å². The van der Waals surface area contributed by atoms with E-state index in [4.69, 9.17) is 0 Å². The largest absolute Gasteiger partial charge is 0.354 e. The third-order valence-corrected chi connectivity index (χ3v) is 4.57. The Morgan fingerprint density at radius 1 is 1.35 bits per heavy atom. The predicted octanol–water partition coefficient (Wildman–Crippen LogP) is 2.04. The summed E-state index contributed by atoms with van der Waals surface area (Å²) in [5, 5.41) is 10.1. The predicted molar refractivity (Wildman–Crippen MR) is 95.4 cm³/mol. The van der Waals surface area contributed by atoms with Gasteiger partial charge in [-0.1, -0.05) is 29.8 Å². The summed E-state index contributed by atoms with van der Waals surface area (Å²) in [4.78, 5) is 12.2. The van der Waals surface area contributed by atoms with Crippen LogP contribution >= 0.6 is 11.8 Å². The normalized spacial score (nSPS) is 12.1. The van der Waals surface area contributed by atoms with E-state index in [1.807, 2.05) is 25.0 Å². The number of hydrogen-bond donors (Lipinski definition) is 2. The van der Waals surface area contributed by atoms with Gasteiger partial charge < -0.3 is 10.6 Å². The zero-order valence-corrected chi connectivity index (χ0v) is 14.7. The van der Waals surface area contributed by atoms with E-state index in [0.29, 0.717) is 6.54 Å². The molecule has 23 heavy (non-hydrogen) atoms. The molecule has 1 atom stereocenters. The van der Waals surface area contributed by atoms with Gasteiger partial charge in [0.15, 0.2) is 0 Å². The molecule has 6 heteroatoms. The summed E-state index contributed by atoms with van der Waals surface area (Å²) < 4.78 is 1.70. The van der Waals surface area contributed by atoms with E-state index in [1.54, 1.807) is 17.9 Å². The van der Waals surface area contributed by atoms with Crippen molar-refractivity contribution in [1.29, 1.82) is 0 Å². The second-order valence-electron chi connectivity index (χ2n) is 5.50. The van der Waals surface area contributed by atoms with Crippen LogP contribution in [-0.2, 0) is 17.6 Å². The number of carbonyl (C=O) groups excluding carboxylic acids is 1. The van der Waals surface area contributed by atoms with Gasteiger partial charge in [0.1, 0.15) is 6.04 Å². The Bertz CT molecular complexity index is 624. The SMILES string of the molecule is CNC(C(=O)NCCSCc1ccc(C)cc1)c1cnn(C)c1. The number of thioether (sulfide) groups is 1. The van der Waals surface area contributed by atoms with Crippen LogP contribution in [0.15, 0.2) is 36.7 Å². The van der Waals surface area contributed by atoms with E-state index >= 15 is 0 Å². The van der Waals surface area contributed by atoms with Crippen molar-refractivity contribution in [3.8, 4) is 0 Å². The number of benzene rings is 1. The number of rotatable bonds is 8. The number of aryl methyl sites for hydroxylation is 2. The molecule has 2 N–H and O–H groups in total. The summed E-state index contributed by atoms with van der Waals surface area (Å²) in [5.41, 5.74) is 3.47. The molecule has 0 aliphatic rings. The van der Waals surface area contributed by atoms with Gasteiger partial charge >= 0.3 is 0 Å². The highest BCUT2D eigenvalue weighted by Gasteiger charge is 2.19. The Morgan fingerprint density at radius 3 is 2.70 bits per heavy atom. The second-order valence-corrected chi connectivity index (χ2v) is 6.60. The molecular weight excluding hydrogens is 308 g/mol. The molecule has 124 valence electrons. The van der Waals surface area contributed by atoms with Gasteiger partial charge in [-0.3, -0.25) is 9.48 Å². The molecule has 0 aliphatic carbocycles. The highest BCUT2D eigenvalue weighted by Crippen LogP contribution is 2.13. The molecule has 0 spiro atoms. The summed E-state index contributed by atoms with van der Waals surface area (Å²) in [7, 11) is 3.62. The average molecular weight is 332 g/mol. The molecule has 2 aromatic rings. The molecule has 0 bridgehead atoms. The van der Waals surface area contributed by atoms with Crippen molar-refractivity contribution in [3.05, 3.63) is 53.3 Å². The first kappa shape index (κ1) is 17.6. The van der Waals surface area contributed by atoms with Crippen LogP contribution in [0, 0.1) is 6.92 Å². The Balaban J connectivity index is 1.70. The Labute approximate surface area is 141 Å². The fourth-order valence-electron chi connectivity index (χ4n) is 2.26. The first-order chi connectivity index (χ1) is 11.1. The fraction of sp³-hybridized carbons (Fsp3) is 0.412. The maximum Gasteiger partial charge on any atom is 0.241 e. The minimum Gasteiger partial charge on any atom is -0.354 e. The topological polar surface area (TPSA) is 59.0 Å². The molecule has 1 amide bonds. The van der Waals surface area contributed by atoms with Crippen molar-refractivity contribution < 1.29 is 4.79 Å². The van der Waals surface area contributed by atoms with Gasteiger partial charge in [0, 0.05) is 36.9 Å². The maximum absolute atomic E-state index is 12.2. The summed E-state index contributed by atoms with van der Waals surface area (Å²) in [5.74, 6) is 1.84. The molecule has 1 unspecified atom stereocenters. The molecule has 0 radical (unpaired) electrons. The number of nitrogens with zero attached hydrogens (tertiary/aromatic N) is 2. The monoisotopic (exact) mass is 332 g/mol. The molecule has 0 aliphatic heterocycles. The fourth-order valence-corrected chi connectivity index (χ4v) is 3.08. The number of carbonyl (C=O) groups is 1. The van der Waals surface area contributed by atoms with Crippen molar-refractivity contribution in [2.24, 2.45) is 7.05 Å². The van der Waals surface area contributed by atoms with E-state index in [0.717, 1.165) is 17.1 Å². The Kier molecular flexibility index (Phi) is 6.67. The summed E-state index contributed by atoms with van der Waals surface area (Å²) in [6, 6.07) is 8.21. The van der Waals surface area contributed by atoms with Gasteiger partial charge in [0.05, 0.1) is 6.20 Å². The van der Waals surface area contributed by atoms with Gasteiger partial charge in [0.25, 0.3) is 0 Å². The number of likely N-dealkylation sites (N-methyl/N-ethyl adjacent to an activating group) is 1. The number of aromatic nitrogens is 2. The number of nitrogens with one attached hydrogen (secondary N) is 2. The van der Waals surface area contributed by atoms with E-state index in [1.165, 1.54) is 11.1 Å². The number of amides is 1. The summed E-state index contributed by atoms with van der Waals surface area (Å²) in [6.07, 6.45) is 3.57. The lowest BCUT2D eigenvalue weighted by molar-refractivity contribution is -0.123. The van der Waals surface area contributed by atoms with Crippen LogP contribution < -0.4 is 10.6 Å². The smallest absolute Gasteiger partial charge is 0.241 e. The quantitative estimate of drug-likeness (QED) is 0.726. The lowest BCUT2D eigenvalue weighted by atomic mass is 10.1. The minimum absolute atomic E-state index is 0.0172. The van der Waals surface area contributed by atoms with E-state index in [9.17, 15) is 4.79 Å². The minimum atomic E-state index is -0.356. The molecule has 1 aromatic carbocycles. The van der Waals surface area contributed by atoms with Crippen molar-refractivity contribution in [2.45, 2.75) is 18.7 Å². The molecule has 0 saturated heterocycles. The third-order valence-electron chi connectivity index (χ3n) is 3.54. The van der Waals surface area contributed by atoms with E-state index in [2.05, 4.69) is 46.9 Å². The van der Waals surface area contributed by atoms with Crippen LogP contribution in [0.1, 0.15) is 22.7 Å². The van der Waals surface area contributed by atoms with Crippen LogP contribution in [0.2, 0.25) is 0 Å². The Morgan fingerprint density at radius 2 is 2.09 bits per heavy atom. The highest BCUT2D eigenvalue weighted by atomic mass is 32.2. The van der Waals surface area contributed by atoms with Gasteiger partial charge in [0.2, 0.25) is 5.91 Å². The maximum atomic E-state index is 12.2. The first-order valence-corrected chi connectivity index (χ1v) is 8.82. The molecule has 1 heterocycles. The molecule has 5 nitrogen and oxygen atoms in total. The molecule has 0 saturated carbocycles. The van der Waals surface area contributed by atoms with Crippen LogP contribution in [0.25, 0.3) is 0 Å². The molecule has 1 aromatic heterocycles. The number of hydrogen-bond acceptors (Lipinski definition) is 4. The van der Waals surface area contributed by atoms with Crippen molar-refractivity contribution in [2.75, 3.05) is 19.3 Å². The molecular formula is C17H24N4OS. The van der Waals surface area contributed by atoms with Crippen LogP contribution in [0.5, 0.6) is 0 Å². The van der Waals surface area contributed by atoms with Gasteiger partial charge in [-0.15, -0.1) is 0 Å². The lowest BCUT2D eigenvalue weighted by Crippen LogP contribution is -2.36. The molecule has 0 fully saturated rings. The zero-order chi connectivity index (χ0) is 16.7. The van der Waals surface area contributed by atoms with Crippen molar-refractivity contribution in [3.63, 3.8) is 0 Å². The van der Waals surface area contributed by atoms with Crippen LogP contribution in [0.3, 0.4) is 0 Å². The third kappa shape index (κ3) is 5.41. The van der Waals surface area contributed by atoms with Crippen molar-refractivity contribution in [1.82, 2.24) is 20.4 Å². The first-order valence-electron chi connectivity index (χ1n) is 7.67. The van der Waals surface area contributed by atoms with Gasteiger partial charge in [-0.05, 0) is 19.5 Å². The second kappa shape index (κ2) is 8.74. The highest BCUT2D eigenvalue weighted by molar-refractivity contribution is 7.98.